The molecule has 3 rings (SSSR count). The molecular formula is C16H17FN6O. The van der Waals surface area contributed by atoms with Gasteiger partial charge in [-0.2, -0.15) is 15.0 Å². The van der Waals surface area contributed by atoms with E-state index in [0.29, 0.717) is 28.9 Å². The molecule has 0 unspecified atom stereocenters. The van der Waals surface area contributed by atoms with Gasteiger partial charge in [-0.1, -0.05) is 11.2 Å². The number of hydrogen-bond donors (Lipinski definition) is 2. The van der Waals surface area contributed by atoms with E-state index in [1.54, 1.807) is 25.1 Å². The van der Waals surface area contributed by atoms with Crippen molar-refractivity contribution in [1.29, 1.82) is 0 Å². The molecule has 124 valence electrons. The molecule has 0 spiro atoms. The number of anilines is 3. The molecule has 0 fully saturated rings. The van der Waals surface area contributed by atoms with Gasteiger partial charge >= 0.3 is 0 Å². The minimum absolute atomic E-state index is 0.140. The van der Waals surface area contributed by atoms with Crippen LogP contribution in [0.3, 0.4) is 0 Å². The van der Waals surface area contributed by atoms with Gasteiger partial charge < -0.3 is 15.2 Å². The first-order chi connectivity index (χ1) is 11.5. The van der Waals surface area contributed by atoms with Crippen LogP contribution in [-0.4, -0.2) is 26.2 Å². The molecule has 0 bridgehead atoms. The minimum atomic E-state index is -0.345. The maximum absolute atomic E-state index is 13.3. The van der Waals surface area contributed by atoms with Gasteiger partial charge in [0.15, 0.2) is 11.5 Å². The van der Waals surface area contributed by atoms with E-state index < -0.39 is 0 Å². The summed E-state index contributed by atoms with van der Waals surface area (Å²) >= 11 is 0. The van der Waals surface area contributed by atoms with Gasteiger partial charge in [-0.3, -0.25) is 0 Å². The highest BCUT2D eigenvalue weighted by Crippen LogP contribution is 2.20. The molecule has 0 radical (unpaired) electrons. The van der Waals surface area contributed by atoms with Crippen LogP contribution < -0.4 is 10.6 Å². The van der Waals surface area contributed by atoms with Crippen molar-refractivity contribution in [2.45, 2.75) is 26.8 Å². The predicted molar refractivity (Wildman–Crippen MR) is 88.5 cm³/mol. The van der Waals surface area contributed by atoms with Crippen LogP contribution in [0.25, 0.3) is 11.5 Å². The summed E-state index contributed by atoms with van der Waals surface area (Å²) in [6.45, 7) is 5.74. The Morgan fingerprint density at radius 1 is 1.08 bits per heavy atom. The molecule has 2 aromatic heterocycles. The molecule has 0 aliphatic rings. The highest BCUT2D eigenvalue weighted by atomic mass is 19.1. The average Bonchev–Trinajstić information content (AvgIpc) is 2.93. The second-order valence-electron chi connectivity index (χ2n) is 5.56. The Bertz CT molecular complexity index is 848. The van der Waals surface area contributed by atoms with Gasteiger partial charge in [0, 0.05) is 17.8 Å². The smallest absolute Gasteiger partial charge is 0.232 e. The molecule has 3 aromatic rings. The summed E-state index contributed by atoms with van der Waals surface area (Å²) in [6, 6.07) is 7.94. The van der Waals surface area contributed by atoms with Crippen LogP contribution in [0.1, 0.15) is 19.6 Å². The summed E-state index contributed by atoms with van der Waals surface area (Å²) < 4.78 is 18.4. The van der Waals surface area contributed by atoms with Crippen molar-refractivity contribution in [2.24, 2.45) is 0 Å². The molecule has 8 heteroatoms. The van der Waals surface area contributed by atoms with Gasteiger partial charge in [0.25, 0.3) is 0 Å². The maximum atomic E-state index is 13.3. The number of nitrogens with one attached hydrogen (secondary N) is 2. The Kier molecular flexibility index (Phi) is 4.37. The third-order valence-electron chi connectivity index (χ3n) is 2.99. The standard InChI is InChI=1S/C16H17FN6O/c1-9(2)18-15-20-14(13-7-10(3)24-23-13)21-16(22-15)19-12-6-4-5-11(17)8-12/h4-9H,1-3H3,(H2,18,19,20,21,22). The lowest BCUT2D eigenvalue weighted by atomic mass is 10.3. The number of halogens is 1. The highest BCUT2D eigenvalue weighted by molar-refractivity contribution is 5.58. The van der Waals surface area contributed by atoms with Crippen molar-refractivity contribution in [3.63, 3.8) is 0 Å². The number of benzene rings is 1. The van der Waals surface area contributed by atoms with Gasteiger partial charge in [-0.05, 0) is 39.0 Å². The molecule has 24 heavy (non-hydrogen) atoms. The van der Waals surface area contributed by atoms with Gasteiger partial charge in [-0.25, -0.2) is 4.39 Å². The van der Waals surface area contributed by atoms with E-state index in [4.69, 9.17) is 4.52 Å². The SMILES string of the molecule is Cc1cc(-c2nc(Nc3cccc(F)c3)nc(NC(C)C)n2)no1. The molecule has 0 amide bonds. The van der Waals surface area contributed by atoms with Crippen molar-refractivity contribution in [2.75, 3.05) is 10.6 Å². The van der Waals surface area contributed by atoms with E-state index in [1.165, 1.54) is 12.1 Å². The molecule has 0 saturated heterocycles. The molecular weight excluding hydrogens is 311 g/mol. The highest BCUT2D eigenvalue weighted by Gasteiger charge is 2.13. The van der Waals surface area contributed by atoms with Crippen LogP contribution in [0.4, 0.5) is 22.0 Å². The van der Waals surface area contributed by atoms with Crippen molar-refractivity contribution in [3.8, 4) is 11.5 Å². The van der Waals surface area contributed by atoms with E-state index in [2.05, 4.69) is 30.7 Å². The molecule has 0 aliphatic carbocycles. The van der Waals surface area contributed by atoms with Crippen molar-refractivity contribution in [1.82, 2.24) is 20.1 Å². The molecule has 0 atom stereocenters. The lowest BCUT2D eigenvalue weighted by Crippen LogP contribution is -2.14. The van der Waals surface area contributed by atoms with Gasteiger partial charge in [0.2, 0.25) is 11.9 Å². The Balaban J connectivity index is 1.98. The van der Waals surface area contributed by atoms with Crippen molar-refractivity contribution >= 4 is 17.6 Å². The predicted octanol–water partition coefficient (Wildman–Crippen LogP) is 3.54. The van der Waals surface area contributed by atoms with Crippen molar-refractivity contribution in [3.05, 3.63) is 41.9 Å². The Hall–Kier alpha value is -3.03. The second-order valence-corrected chi connectivity index (χ2v) is 5.56. The van der Waals surface area contributed by atoms with Crippen LogP contribution in [-0.2, 0) is 0 Å². The van der Waals surface area contributed by atoms with Crippen LogP contribution >= 0.6 is 0 Å². The van der Waals surface area contributed by atoms with Gasteiger partial charge in [-0.15, -0.1) is 0 Å². The number of aryl methyl sites for hydroxylation is 1. The molecule has 7 nitrogen and oxygen atoms in total. The second kappa shape index (κ2) is 6.61. The van der Waals surface area contributed by atoms with E-state index in [9.17, 15) is 4.39 Å². The summed E-state index contributed by atoms with van der Waals surface area (Å²) in [5.41, 5.74) is 1.04. The topological polar surface area (TPSA) is 88.8 Å². The van der Waals surface area contributed by atoms with E-state index >= 15 is 0 Å². The first kappa shape index (κ1) is 15.9. The zero-order valence-corrected chi connectivity index (χ0v) is 13.5. The fraction of sp³-hybridized carbons (Fsp3) is 0.250. The Morgan fingerprint density at radius 3 is 2.54 bits per heavy atom. The monoisotopic (exact) mass is 328 g/mol. The third-order valence-corrected chi connectivity index (χ3v) is 2.99. The van der Waals surface area contributed by atoms with Crippen molar-refractivity contribution < 1.29 is 8.91 Å². The third kappa shape index (κ3) is 3.83. The van der Waals surface area contributed by atoms with Gasteiger partial charge in [0.1, 0.15) is 11.6 Å². The molecule has 2 N–H and O–H groups in total. The van der Waals surface area contributed by atoms with E-state index in [-0.39, 0.29) is 17.8 Å². The summed E-state index contributed by atoms with van der Waals surface area (Å²) in [5.74, 6) is 1.36. The maximum Gasteiger partial charge on any atom is 0.232 e. The van der Waals surface area contributed by atoms with Gasteiger partial charge in [0.05, 0.1) is 0 Å². The minimum Gasteiger partial charge on any atom is -0.361 e. The average molecular weight is 328 g/mol. The first-order valence-electron chi connectivity index (χ1n) is 7.48. The number of aromatic nitrogens is 4. The van der Waals surface area contributed by atoms with Crippen LogP contribution in [0.15, 0.2) is 34.9 Å². The van der Waals surface area contributed by atoms with Crippen LogP contribution in [0.5, 0.6) is 0 Å². The lowest BCUT2D eigenvalue weighted by Gasteiger charge is -2.11. The van der Waals surface area contributed by atoms with Crippen LogP contribution in [0.2, 0.25) is 0 Å². The summed E-state index contributed by atoms with van der Waals surface area (Å²) in [4.78, 5) is 13.0. The normalized spacial score (nSPS) is 10.9. The zero-order valence-electron chi connectivity index (χ0n) is 13.5. The number of nitrogens with zero attached hydrogens (tertiary/aromatic N) is 4. The lowest BCUT2D eigenvalue weighted by molar-refractivity contribution is 0.399. The summed E-state index contributed by atoms with van der Waals surface area (Å²) in [5, 5.41) is 10.0. The fourth-order valence-corrected chi connectivity index (χ4v) is 2.04. The summed E-state index contributed by atoms with van der Waals surface area (Å²) in [7, 11) is 0. The zero-order chi connectivity index (χ0) is 17.1. The number of rotatable bonds is 5. The van der Waals surface area contributed by atoms with Crippen LogP contribution in [0, 0.1) is 12.7 Å². The summed E-state index contributed by atoms with van der Waals surface area (Å²) in [6.07, 6.45) is 0. The Morgan fingerprint density at radius 2 is 1.88 bits per heavy atom. The van der Waals surface area contributed by atoms with E-state index in [1.807, 2.05) is 13.8 Å². The largest absolute Gasteiger partial charge is 0.361 e. The fourth-order valence-electron chi connectivity index (χ4n) is 2.04. The molecule has 0 aliphatic heterocycles. The molecule has 2 heterocycles. The quantitative estimate of drug-likeness (QED) is 0.740. The Labute approximate surface area is 138 Å². The molecule has 1 aromatic carbocycles. The molecule has 0 saturated carbocycles. The first-order valence-corrected chi connectivity index (χ1v) is 7.48. The number of hydrogen-bond acceptors (Lipinski definition) is 7. The van der Waals surface area contributed by atoms with E-state index in [0.717, 1.165) is 0 Å².